The minimum Gasteiger partial charge on any atom is -0.393 e. The molecule has 25 heavy (non-hydrogen) atoms. The van der Waals surface area contributed by atoms with Crippen LogP contribution in [0.4, 0.5) is 0 Å². The average Bonchev–Trinajstić information content (AvgIpc) is 2.89. The van der Waals surface area contributed by atoms with E-state index in [4.69, 9.17) is 0 Å². The molecule has 0 aromatic rings. The molecule has 0 bridgehead atoms. The number of hydrogen-bond acceptors (Lipinski definition) is 3. The molecule has 3 N–H and O–H groups in total. The van der Waals surface area contributed by atoms with Gasteiger partial charge in [-0.05, 0) is 78.4 Å². The molecule has 0 saturated heterocycles. The van der Waals surface area contributed by atoms with Gasteiger partial charge in [0.15, 0.2) is 0 Å². The van der Waals surface area contributed by atoms with E-state index in [1.807, 2.05) is 6.08 Å². The van der Waals surface area contributed by atoms with Crippen molar-refractivity contribution < 1.29 is 15.3 Å². The number of aliphatic hydroxyl groups is 3. The maximum atomic E-state index is 11.3. The Morgan fingerprint density at radius 3 is 2.36 bits per heavy atom. The number of fused-ring (bicyclic) bond motifs is 5. The quantitative estimate of drug-likeness (QED) is 0.637. The standard InChI is InChI=1S/C22H36O3/c1-12(2)15-5-6-16-20-17(11-19(25)22(15,16)4)21(3)8-7-14(23)9-13(21)10-18(20)24/h7-8,12-20,23-25H,5-6,9-11H2,1-4H3/t13-,14+,15+,16-,17-,18+,19-,20-,21-,22+/m0/s1. The van der Waals surface area contributed by atoms with Crippen LogP contribution < -0.4 is 0 Å². The Labute approximate surface area is 152 Å². The van der Waals surface area contributed by atoms with Gasteiger partial charge in [-0.15, -0.1) is 0 Å². The van der Waals surface area contributed by atoms with Crippen molar-refractivity contribution in [1.82, 2.24) is 0 Å². The summed E-state index contributed by atoms with van der Waals surface area (Å²) in [6.45, 7) is 9.19. The van der Waals surface area contributed by atoms with Crippen LogP contribution >= 0.6 is 0 Å². The molecule has 3 heteroatoms. The van der Waals surface area contributed by atoms with Crippen molar-refractivity contribution in [2.24, 2.45) is 46.3 Å². The number of hydrogen-bond donors (Lipinski definition) is 3. The van der Waals surface area contributed by atoms with Gasteiger partial charge in [-0.3, -0.25) is 0 Å². The Hall–Kier alpha value is -0.380. The van der Waals surface area contributed by atoms with Crippen LogP contribution in [-0.4, -0.2) is 33.6 Å². The summed E-state index contributed by atoms with van der Waals surface area (Å²) in [6.07, 6.45) is 7.90. The van der Waals surface area contributed by atoms with Gasteiger partial charge in [0.2, 0.25) is 0 Å². The minimum atomic E-state index is -0.377. The first-order chi connectivity index (χ1) is 11.7. The second-order valence-electron chi connectivity index (χ2n) is 10.4. The van der Waals surface area contributed by atoms with Crippen molar-refractivity contribution in [2.45, 2.75) is 78.1 Å². The van der Waals surface area contributed by atoms with Gasteiger partial charge >= 0.3 is 0 Å². The fraction of sp³-hybridized carbons (Fsp3) is 0.909. The first-order valence-corrected chi connectivity index (χ1v) is 10.4. The van der Waals surface area contributed by atoms with Crippen LogP contribution in [-0.2, 0) is 0 Å². The van der Waals surface area contributed by atoms with Gasteiger partial charge in [-0.25, -0.2) is 0 Å². The van der Waals surface area contributed by atoms with E-state index in [1.54, 1.807) is 0 Å². The highest BCUT2D eigenvalue weighted by atomic mass is 16.3. The second-order valence-corrected chi connectivity index (χ2v) is 10.4. The molecule has 3 fully saturated rings. The zero-order chi connectivity index (χ0) is 18.1. The Morgan fingerprint density at radius 2 is 1.68 bits per heavy atom. The van der Waals surface area contributed by atoms with E-state index in [9.17, 15) is 15.3 Å². The van der Waals surface area contributed by atoms with Gasteiger partial charge in [0.05, 0.1) is 18.3 Å². The fourth-order valence-corrected chi connectivity index (χ4v) is 7.85. The molecular formula is C22H36O3. The lowest BCUT2D eigenvalue weighted by molar-refractivity contribution is -0.187. The molecule has 10 atom stereocenters. The Kier molecular flexibility index (Phi) is 4.18. The molecule has 142 valence electrons. The smallest absolute Gasteiger partial charge is 0.0724 e. The summed E-state index contributed by atoms with van der Waals surface area (Å²) in [7, 11) is 0. The monoisotopic (exact) mass is 348 g/mol. The van der Waals surface area contributed by atoms with Gasteiger partial charge < -0.3 is 15.3 Å². The van der Waals surface area contributed by atoms with Crippen LogP contribution in [0.3, 0.4) is 0 Å². The van der Waals surface area contributed by atoms with Crippen molar-refractivity contribution >= 4 is 0 Å². The van der Waals surface area contributed by atoms with E-state index in [2.05, 4.69) is 33.8 Å². The van der Waals surface area contributed by atoms with Crippen LogP contribution in [0.15, 0.2) is 12.2 Å². The van der Waals surface area contributed by atoms with E-state index in [0.717, 1.165) is 25.7 Å². The van der Waals surface area contributed by atoms with E-state index >= 15 is 0 Å². The number of rotatable bonds is 1. The highest BCUT2D eigenvalue weighted by Gasteiger charge is 2.65. The summed E-state index contributed by atoms with van der Waals surface area (Å²) in [5.74, 6) is 2.48. The summed E-state index contributed by atoms with van der Waals surface area (Å²) in [5.41, 5.74) is -0.0568. The lowest BCUT2D eigenvalue weighted by Crippen LogP contribution is -2.61. The van der Waals surface area contributed by atoms with Crippen LogP contribution in [0.5, 0.6) is 0 Å². The van der Waals surface area contributed by atoms with Crippen LogP contribution in [0.2, 0.25) is 0 Å². The molecule has 3 saturated carbocycles. The van der Waals surface area contributed by atoms with Crippen molar-refractivity contribution in [2.75, 3.05) is 0 Å². The van der Waals surface area contributed by atoms with Gasteiger partial charge in [0, 0.05) is 0 Å². The molecule has 0 amide bonds. The molecule has 4 aliphatic carbocycles. The number of aliphatic hydroxyl groups excluding tert-OH is 3. The fourth-order valence-electron chi connectivity index (χ4n) is 7.85. The molecule has 0 heterocycles. The molecule has 0 unspecified atom stereocenters. The molecule has 0 aromatic heterocycles. The van der Waals surface area contributed by atoms with Crippen LogP contribution in [0, 0.1) is 46.3 Å². The highest BCUT2D eigenvalue weighted by Crippen LogP contribution is 2.67. The first kappa shape index (κ1) is 18.0. The first-order valence-electron chi connectivity index (χ1n) is 10.4. The van der Waals surface area contributed by atoms with E-state index in [1.165, 1.54) is 6.42 Å². The third-order valence-corrected chi connectivity index (χ3v) is 9.17. The van der Waals surface area contributed by atoms with Crippen molar-refractivity contribution in [3.63, 3.8) is 0 Å². The lowest BCUT2D eigenvalue weighted by atomic mass is 9.44. The SMILES string of the molecule is CC(C)[C@H]1CC[C@H]2[C@@H]3[C@H](O)C[C@@H]4C[C@H](O)C=C[C@]4(C)[C@H]3C[C@H](O)[C@]12C. The minimum absolute atomic E-state index is 0.00134. The maximum absolute atomic E-state index is 11.3. The zero-order valence-electron chi connectivity index (χ0n) is 16.2. The summed E-state index contributed by atoms with van der Waals surface area (Å²) < 4.78 is 0. The van der Waals surface area contributed by atoms with Gasteiger partial charge in [0.25, 0.3) is 0 Å². The third kappa shape index (κ3) is 2.34. The van der Waals surface area contributed by atoms with Crippen molar-refractivity contribution in [1.29, 1.82) is 0 Å². The van der Waals surface area contributed by atoms with E-state index < -0.39 is 0 Å². The Balaban J connectivity index is 1.73. The molecule has 4 rings (SSSR count). The molecular weight excluding hydrogens is 312 g/mol. The Morgan fingerprint density at radius 1 is 0.960 bits per heavy atom. The lowest BCUT2D eigenvalue weighted by Gasteiger charge is -2.62. The summed E-state index contributed by atoms with van der Waals surface area (Å²) in [6, 6.07) is 0. The molecule has 4 aliphatic rings. The van der Waals surface area contributed by atoms with E-state index in [-0.39, 0.29) is 29.1 Å². The molecule has 3 nitrogen and oxygen atoms in total. The summed E-state index contributed by atoms with van der Waals surface area (Å²) in [5, 5.41) is 32.5. The summed E-state index contributed by atoms with van der Waals surface area (Å²) in [4.78, 5) is 0. The van der Waals surface area contributed by atoms with Gasteiger partial charge in [-0.1, -0.05) is 39.8 Å². The Bertz CT molecular complexity index is 557. The van der Waals surface area contributed by atoms with Crippen LogP contribution in [0.25, 0.3) is 0 Å². The van der Waals surface area contributed by atoms with Gasteiger partial charge in [-0.2, -0.15) is 0 Å². The van der Waals surface area contributed by atoms with Crippen molar-refractivity contribution in [3.8, 4) is 0 Å². The highest BCUT2D eigenvalue weighted by molar-refractivity contribution is 5.20. The second kappa shape index (κ2) is 5.81. The maximum Gasteiger partial charge on any atom is 0.0724 e. The summed E-state index contributed by atoms with van der Waals surface area (Å²) >= 11 is 0. The van der Waals surface area contributed by atoms with Gasteiger partial charge in [0.1, 0.15) is 0 Å². The van der Waals surface area contributed by atoms with Crippen LogP contribution in [0.1, 0.15) is 59.8 Å². The predicted molar refractivity (Wildman–Crippen MR) is 98.7 cm³/mol. The topological polar surface area (TPSA) is 60.7 Å². The molecule has 0 aromatic carbocycles. The normalized spacial score (nSPS) is 57.9. The average molecular weight is 349 g/mol. The molecule has 0 radical (unpaired) electrons. The molecule has 0 spiro atoms. The van der Waals surface area contributed by atoms with E-state index in [0.29, 0.717) is 35.5 Å². The predicted octanol–water partition coefficient (Wildman–Crippen LogP) is 3.38. The third-order valence-electron chi connectivity index (χ3n) is 9.17. The number of allylic oxidation sites excluding steroid dienone is 1. The largest absolute Gasteiger partial charge is 0.393 e. The zero-order valence-corrected chi connectivity index (χ0v) is 16.2. The molecule has 0 aliphatic heterocycles. The van der Waals surface area contributed by atoms with Crippen molar-refractivity contribution in [3.05, 3.63) is 12.2 Å².